The lowest BCUT2D eigenvalue weighted by atomic mass is 10.2. The first kappa shape index (κ1) is 17.2. The quantitative estimate of drug-likeness (QED) is 0.765. The Morgan fingerprint density at radius 1 is 1.22 bits per heavy atom. The molecule has 5 heteroatoms. The van der Waals surface area contributed by atoms with Crippen LogP contribution >= 0.6 is 12.2 Å². The maximum Gasteiger partial charge on any atom is 0.166 e. The van der Waals surface area contributed by atoms with Crippen LogP contribution in [0.15, 0.2) is 48.8 Å². The van der Waals surface area contributed by atoms with Gasteiger partial charge in [-0.25, -0.2) is 0 Å². The minimum atomic E-state index is 0.675. The van der Waals surface area contributed by atoms with Gasteiger partial charge in [0.1, 0.15) is 0 Å². The van der Waals surface area contributed by atoms with Gasteiger partial charge in [0.2, 0.25) is 0 Å². The number of hydrogen-bond acceptors (Lipinski definition) is 3. The van der Waals surface area contributed by atoms with Crippen LogP contribution in [0.3, 0.4) is 0 Å². The molecule has 1 aromatic carbocycles. The molecule has 2 N–H and O–H groups in total. The van der Waals surface area contributed by atoms with Crippen molar-refractivity contribution in [3.63, 3.8) is 0 Å². The molecule has 0 saturated carbocycles. The molecule has 1 heterocycles. The topological polar surface area (TPSA) is 40.2 Å². The van der Waals surface area contributed by atoms with E-state index in [2.05, 4.69) is 58.6 Å². The van der Waals surface area contributed by atoms with Crippen molar-refractivity contribution in [1.29, 1.82) is 0 Å². The molecule has 0 bridgehead atoms. The molecule has 122 valence electrons. The van der Waals surface area contributed by atoms with Crippen LogP contribution in [-0.4, -0.2) is 29.7 Å². The van der Waals surface area contributed by atoms with Gasteiger partial charge in [-0.05, 0) is 55.4 Å². The third kappa shape index (κ3) is 5.87. The van der Waals surface area contributed by atoms with E-state index >= 15 is 0 Å². The lowest BCUT2D eigenvalue weighted by molar-refractivity contribution is 0.759. The smallest absolute Gasteiger partial charge is 0.166 e. The average molecular weight is 328 g/mol. The monoisotopic (exact) mass is 328 g/mol. The summed E-state index contributed by atoms with van der Waals surface area (Å²) >= 11 is 5.32. The van der Waals surface area contributed by atoms with Gasteiger partial charge in [-0.1, -0.05) is 18.2 Å². The highest BCUT2D eigenvalue weighted by molar-refractivity contribution is 7.80. The molecule has 4 nitrogen and oxygen atoms in total. The van der Waals surface area contributed by atoms with Crippen LogP contribution in [0.25, 0.3) is 0 Å². The number of hydrogen-bond donors (Lipinski definition) is 2. The first-order valence-electron chi connectivity index (χ1n) is 7.91. The maximum atomic E-state index is 5.32. The Labute approximate surface area is 143 Å². The number of aryl methyl sites for hydroxylation is 1. The first-order chi connectivity index (χ1) is 11.2. The van der Waals surface area contributed by atoms with Gasteiger partial charge < -0.3 is 15.5 Å². The normalized spacial score (nSPS) is 10.2. The van der Waals surface area contributed by atoms with E-state index in [9.17, 15) is 0 Å². The Hall–Kier alpha value is -2.14. The molecule has 2 aromatic rings. The second kappa shape index (κ2) is 9.10. The van der Waals surface area contributed by atoms with E-state index in [4.69, 9.17) is 12.2 Å². The summed E-state index contributed by atoms with van der Waals surface area (Å²) in [4.78, 5) is 6.43. The molecule has 1 aromatic heterocycles. The van der Waals surface area contributed by atoms with Crippen molar-refractivity contribution in [3.8, 4) is 0 Å². The van der Waals surface area contributed by atoms with Gasteiger partial charge in [0.05, 0.1) is 0 Å². The van der Waals surface area contributed by atoms with Crippen molar-refractivity contribution in [2.45, 2.75) is 20.4 Å². The number of nitrogens with one attached hydrogen (secondary N) is 2. The van der Waals surface area contributed by atoms with Gasteiger partial charge in [0, 0.05) is 44.3 Å². The van der Waals surface area contributed by atoms with Gasteiger partial charge >= 0.3 is 0 Å². The first-order valence-corrected chi connectivity index (χ1v) is 8.32. The molecular weight excluding hydrogens is 304 g/mol. The van der Waals surface area contributed by atoms with E-state index in [1.807, 2.05) is 18.3 Å². The molecule has 2 rings (SSSR count). The Balaban J connectivity index is 1.73. The Bertz CT molecular complexity index is 615. The van der Waals surface area contributed by atoms with Crippen LogP contribution in [0.5, 0.6) is 0 Å². The number of aromatic nitrogens is 1. The second-order valence-corrected chi connectivity index (χ2v) is 5.80. The third-order valence-electron chi connectivity index (χ3n) is 3.59. The highest BCUT2D eigenvalue weighted by Crippen LogP contribution is 2.14. The van der Waals surface area contributed by atoms with E-state index in [-0.39, 0.29) is 0 Å². The Morgan fingerprint density at radius 2 is 2.09 bits per heavy atom. The van der Waals surface area contributed by atoms with Gasteiger partial charge in [-0.3, -0.25) is 4.98 Å². The lowest BCUT2D eigenvalue weighted by Crippen LogP contribution is -2.40. The molecular formula is C18H24N4S. The van der Waals surface area contributed by atoms with Crippen LogP contribution in [0.4, 0.5) is 5.69 Å². The fourth-order valence-electron chi connectivity index (χ4n) is 2.35. The highest BCUT2D eigenvalue weighted by Gasteiger charge is 2.04. The lowest BCUT2D eigenvalue weighted by Gasteiger charge is -2.24. The number of rotatable bonds is 7. The van der Waals surface area contributed by atoms with Crippen molar-refractivity contribution in [1.82, 2.24) is 15.6 Å². The number of nitrogens with zero attached hydrogens (tertiary/aromatic N) is 2. The number of thiocarbonyl (C=S) groups is 1. The zero-order chi connectivity index (χ0) is 16.5. The molecule has 0 spiro atoms. The molecule has 0 aliphatic heterocycles. The van der Waals surface area contributed by atoms with E-state index in [0.717, 1.165) is 25.2 Å². The SMILES string of the molecule is CCN(CCNC(=S)NCc1cccnc1)c1cccc(C)c1. The summed E-state index contributed by atoms with van der Waals surface area (Å²) < 4.78 is 0. The van der Waals surface area contributed by atoms with Gasteiger partial charge in [0.25, 0.3) is 0 Å². The van der Waals surface area contributed by atoms with E-state index in [0.29, 0.717) is 11.7 Å². The van der Waals surface area contributed by atoms with Crippen LogP contribution < -0.4 is 15.5 Å². The number of pyridine rings is 1. The Kier molecular flexibility index (Phi) is 6.81. The van der Waals surface area contributed by atoms with Gasteiger partial charge in [-0.2, -0.15) is 0 Å². The summed E-state index contributed by atoms with van der Waals surface area (Å²) in [6.45, 7) is 7.67. The molecule has 23 heavy (non-hydrogen) atoms. The minimum absolute atomic E-state index is 0.675. The largest absolute Gasteiger partial charge is 0.370 e. The van der Waals surface area contributed by atoms with Crippen molar-refractivity contribution >= 4 is 23.0 Å². The third-order valence-corrected chi connectivity index (χ3v) is 3.88. The van der Waals surface area contributed by atoms with E-state index in [1.54, 1.807) is 6.20 Å². The molecule has 0 atom stereocenters. The van der Waals surface area contributed by atoms with Crippen LogP contribution in [0, 0.1) is 6.92 Å². The van der Waals surface area contributed by atoms with Gasteiger partial charge in [0.15, 0.2) is 5.11 Å². The molecule has 0 unspecified atom stereocenters. The number of benzene rings is 1. The maximum absolute atomic E-state index is 5.32. The average Bonchev–Trinajstić information content (AvgIpc) is 2.58. The molecule has 0 fully saturated rings. The van der Waals surface area contributed by atoms with Gasteiger partial charge in [-0.15, -0.1) is 0 Å². The van der Waals surface area contributed by atoms with Crippen LogP contribution in [0.2, 0.25) is 0 Å². The standard InChI is InChI=1S/C18H24N4S/c1-3-22(17-8-4-6-15(2)12-17)11-10-20-18(23)21-14-16-7-5-9-19-13-16/h4-9,12-13H,3,10-11,14H2,1-2H3,(H2,20,21,23). The highest BCUT2D eigenvalue weighted by atomic mass is 32.1. The molecule has 0 aliphatic rings. The van der Waals surface area contributed by atoms with E-state index < -0.39 is 0 Å². The fraction of sp³-hybridized carbons (Fsp3) is 0.333. The predicted molar refractivity (Wildman–Crippen MR) is 101 cm³/mol. The van der Waals surface area contributed by atoms with Crippen LogP contribution in [0.1, 0.15) is 18.1 Å². The fourth-order valence-corrected chi connectivity index (χ4v) is 2.52. The van der Waals surface area contributed by atoms with Crippen molar-refractivity contribution in [3.05, 3.63) is 59.9 Å². The van der Waals surface area contributed by atoms with E-state index in [1.165, 1.54) is 11.3 Å². The van der Waals surface area contributed by atoms with Crippen LogP contribution in [-0.2, 0) is 6.54 Å². The summed E-state index contributed by atoms with van der Waals surface area (Å²) in [6.07, 6.45) is 3.61. The predicted octanol–water partition coefficient (Wildman–Crippen LogP) is 2.88. The summed E-state index contributed by atoms with van der Waals surface area (Å²) in [7, 11) is 0. The summed E-state index contributed by atoms with van der Waals surface area (Å²) in [5.74, 6) is 0. The zero-order valence-electron chi connectivity index (χ0n) is 13.7. The van der Waals surface area contributed by atoms with Crippen molar-refractivity contribution in [2.24, 2.45) is 0 Å². The Morgan fingerprint density at radius 3 is 2.78 bits per heavy atom. The number of likely N-dealkylation sites (N-methyl/N-ethyl adjacent to an activating group) is 1. The number of anilines is 1. The molecule has 0 aliphatic carbocycles. The summed E-state index contributed by atoms with van der Waals surface area (Å²) in [6, 6.07) is 12.5. The van der Waals surface area contributed by atoms with Crippen molar-refractivity contribution < 1.29 is 0 Å². The zero-order valence-corrected chi connectivity index (χ0v) is 14.6. The summed E-state index contributed by atoms with van der Waals surface area (Å²) in [5, 5.41) is 7.14. The molecule has 0 radical (unpaired) electrons. The summed E-state index contributed by atoms with van der Waals surface area (Å²) in [5.41, 5.74) is 3.65. The van der Waals surface area contributed by atoms with Crippen molar-refractivity contribution in [2.75, 3.05) is 24.5 Å². The molecule has 0 saturated heterocycles. The second-order valence-electron chi connectivity index (χ2n) is 5.39. The molecule has 0 amide bonds. The minimum Gasteiger partial charge on any atom is -0.370 e.